The number of H-pyrrole nitrogens is 1. The van der Waals surface area contributed by atoms with Crippen molar-refractivity contribution in [3.8, 4) is 5.75 Å². The molecule has 0 unspecified atom stereocenters. The van der Waals surface area contributed by atoms with Crippen LogP contribution in [0.3, 0.4) is 0 Å². The maximum absolute atomic E-state index is 13.9. The van der Waals surface area contributed by atoms with E-state index in [-0.39, 0.29) is 48.2 Å². The Balaban J connectivity index is 1.47. The maximum Gasteiger partial charge on any atom is 0.223 e. The minimum Gasteiger partial charge on any atom is -0.508 e. The fraction of sp³-hybridized carbons (Fsp3) is 0.400. The molecule has 0 aliphatic heterocycles. The number of nitrogens with two attached hydrogens (primary N) is 3. The number of phenolic OH excluding ortho intramolecular Hbond substituents is 1. The van der Waals surface area contributed by atoms with E-state index in [0.29, 0.717) is 64.5 Å². The van der Waals surface area contributed by atoms with Crippen LogP contribution in [0.2, 0.25) is 0 Å². The number of benzene rings is 3. The molecule has 0 spiro atoms. The van der Waals surface area contributed by atoms with Crippen molar-refractivity contribution in [1.82, 2.24) is 15.6 Å². The number of nitrogens with one attached hydrogen (secondary N) is 3. The second-order valence-electron chi connectivity index (χ2n) is 13.4. The molecule has 4 rings (SSSR count). The topological polar surface area (TPSA) is 211 Å². The summed E-state index contributed by atoms with van der Waals surface area (Å²) in [4.78, 5) is 45.7. The van der Waals surface area contributed by atoms with Crippen LogP contribution >= 0.6 is 0 Å². The Bertz CT molecular complexity index is 1710. The lowest BCUT2D eigenvalue weighted by Gasteiger charge is -2.26. The Labute approximate surface area is 305 Å². The molecule has 52 heavy (non-hydrogen) atoms. The number of fused-ring (bicyclic) bond motifs is 1. The highest BCUT2D eigenvalue weighted by atomic mass is 16.5. The number of para-hydroxylation sites is 1. The Hall–Kier alpha value is -5.36. The summed E-state index contributed by atoms with van der Waals surface area (Å²) in [6.45, 7) is 2.47. The number of primary amides is 1. The van der Waals surface area contributed by atoms with Gasteiger partial charge in [-0.1, -0.05) is 60.7 Å². The molecule has 0 saturated carbocycles. The first-order valence-corrected chi connectivity index (χ1v) is 17.9. The molecule has 3 aromatic carbocycles. The summed E-state index contributed by atoms with van der Waals surface area (Å²) in [5.74, 6) is -1.35. The molecule has 0 aliphatic carbocycles. The van der Waals surface area contributed by atoms with Crippen molar-refractivity contribution in [3.63, 3.8) is 0 Å². The number of aromatic hydroxyl groups is 1. The van der Waals surface area contributed by atoms with E-state index >= 15 is 0 Å². The molecule has 1 heterocycles. The SMILES string of the molecule is CC(=O)NCC[C@@H](Cc1ccc(O)cc1)C(=O)N[C@@H](CO[C@@H](CCCN=C(N)N)CC[C@@H](Cc1cc2ccccc2[nH]1)C(N)=O)Cc1ccccc1. The predicted molar refractivity (Wildman–Crippen MR) is 204 cm³/mol. The number of hydrogen-bond acceptors (Lipinski definition) is 6. The molecule has 4 aromatic rings. The van der Waals surface area contributed by atoms with E-state index in [1.165, 1.54) is 6.92 Å². The lowest BCUT2D eigenvalue weighted by Crippen LogP contribution is -2.44. The Morgan fingerprint density at radius 3 is 2.23 bits per heavy atom. The number of phenols is 1. The van der Waals surface area contributed by atoms with Crippen LogP contribution < -0.4 is 27.8 Å². The Morgan fingerprint density at radius 2 is 1.54 bits per heavy atom. The predicted octanol–water partition coefficient (Wildman–Crippen LogP) is 3.85. The number of aromatic nitrogens is 1. The third kappa shape index (κ3) is 13.7. The number of rotatable bonds is 22. The van der Waals surface area contributed by atoms with Gasteiger partial charge in [-0.3, -0.25) is 19.4 Å². The molecule has 12 heteroatoms. The van der Waals surface area contributed by atoms with Gasteiger partial charge in [0.1, 0.15) is 5.75 Å². The summed E-state index contributed by atoms with van der Waals surface area (Å²) in [6, 6.07) is 26.3. The van der Waals surface area contributed by atoms with E-state index in [2.05, 4.69) is 26.7 Å². The largest absolute Gasteiger partial charge is 0.508 e. The Morgan fingerprint density at radius 1 is 0.827 bits per heavy atom. The van der Waals surface area contributed by atoms with Crippen molar-refractivity contribution in [2.45, 2.75) is 70.4 Å². The van der Waals surface area contributed by atoms with Crippen LogP contribution in [0, 0.1) is 11.8 Å². The van der Waals surface area contributed by atoms with Crippen LogP contribution in [-0.2, 0) is 38.4 Å². The zero-order valence-corrected chi connectivity index (χ0v) is 29.9. The van der Waals surface area contributed by atoms with Gasteiger partial charge in [-0.15, -0.1) is 0 Å². The first-order valence-electron chi connectivity index (χ1n) is 17.9. The van der Waals surface area contributed by atoms with E-state index in [1.54, 1.807) is 24.3 Å². The molecule has 278 valence electrons. The van der Waals surface area contributed by atoms with Gasteiger partial charge in [-0.05, 0) is 92.1 Å². The van der Waals surface area contributed by atoms with Crippen molar-refractivity contribution < 1.29 is 24.2 Å². The van der Waals surface area contributed by atoms with Gasteiger partial charge < -0.3 is 42.7 Å². The summed E-state index contributed by atoms with van der Waals surface area (Å²) in [7, 11) is 0. The van der Waals surface area contributed by atoms with E-state index in [4.69, 9.17) is 21.9 Å². The molecular formula is C40H53N7O5. The summed E-state index contributed by atoms with van der Waals surface area (Å²) in [5, 5.41) is 16.9. The van der Waals surface area contributed by atoms with Crippen LogP contribution in [0.25, 0.3) is 10.9 Å². The van der Waals surface area contributed by atoms with Crippen molar-refractivity contribution in [3.05, 3.63) is 102 Å². The van der Waals surface area contributed by atoms with Crippen LogP contribution in [-0.4, -0.2) is 65.6 Å². The highest BCUT2D eigenvalue weighted by molar-refractivity contribution is 5.81. The van der Waals surface area contributed by atoms with Gasteiger partial charge in [0.2, 0.25) is 17.7 Å². The van der Waals surface area contributed by atoms with Crippen LogP contribution in [0.1, 0.15) is 55.8 Å². The number of guanidine groups is 1. The number of nitrogens with zero attached hydrogens (tertiary/aromatic N) is 1. The first kappa shape index (κ1) is 39.4. The van der Waals surface area contributed by atoms with E-state index in [1.807, 2.05) is 54.6 Å². The molecule has 12 nitrogen and oxygen atoms in total. The molecule has 0 saturated heterocycles. The molecule has 0 aliphatic rings. The molecule has 1 aromatic heterocycles. The van der Waals surface area contributed by atoms with Gasteiger partial charge in [-0.25, -0.2) is 0 Å². The summed E-state index contributed by atoms with van der Waals surface area (Å²) < 4.78 is 6.57. The smallest absolute Gasteiger partial charge is 0.223 e. The molecule has 10 N–H and O–H groups in total. The van der Waals surface area contributed by atoms with Gasteiger partial charge in [0.25, 0.3) is 0 Å². The molecular weight excluding hydrogens is 658 g/mol. The van der Waals surface area contributed by atoms with Gasteiger partial charge in [-0.2, -0.15) is 0 Å². The van der Waals surface area contributed by atoms with Gasteiger partial charge in [0, 0.05) is 43.1 Å². The van der Waals surface area contributed by atoms with Gasteiger partial charge >= 0.3 is 0 Å². The quantitative estimate of drug-likeness (QED) is 0.0363. The summed E-state index contributed by atoms with van der Waals surface area (Å²) >= 11 is 0. The standard InChI is InChI=1S/C40H53N7O5/c1-27(48)44-21-19-32(22-29-13-16-35(49)17-14-29)39(51)47-34(23-28-8-3-2-4-9-28)26-52-36(11-7-20-45-40(42)43)18-15-31(38(41)50)25-33-24-30-10-5-6-12-37(30)46-33/h2-6,8-10,12-14,16-17,24,31-32,34,36,46,49H,7,11,15,18-23,25-26H2,1H3,(H2,41,50)(H,44,48)(H,47,51)(H4,42,43,45)/t31-,32-,34+,36-/m0/s1. The number of carbonyl (C=O) groups is 3. The van der Waals surface area contributed by atoms with Crippen LogP contribution in [0.4, 0.5) is 0 Å². The molecule has 4 atom stereocenters. The lowest BCUT2D eigenvalue weighted by molar-refractivity contribution is -0.127. The van der Waals surface area contributed by atoms with Crippen LogP contribution in [0.15, 0.2) is 89.9 Å². The first-order chi connectivity index (χ1) is 25.0. The zero-order chi connectivity index (χ0) is 37.3. The summed E-state index contributed by atoms with van der Waals surface area (Å²) in [5.41, 5.74) is 20.9. The Kier molecular flexibility index (Phi) is 15.5. The van der Waals surface area contributed by atoms with E-state index < -0.39 is 11.8 Å². The van der Waals surface area contributed by atoms with E-state index in [9.17, 15) is 19.5 Å². The van der Waals surface area contributed by atoms with Crippen LogP contribution in [0.5, 0.6) is 5.75 Å². The fourth-order valence-corrected chi connectivity index (χ4v) is 6.37. The number of amides is 3. The average molecular weight is 712 g/mol. The monoisotopic (exact) mass is 711 g/mol. The average Bonchev–Trinajstić information content (AvgIpc) is 3.53. The highest BCUT2D eigenvalue weighted by Gasteiger charge is 2.25. The molecule has 0 radical (unpaired) electrons. The second kappa shape index (κ2) is 20.5. The molecule has 0 bridgehead atoms. The normalized spacial score (nSPS) is 13.5. The lowest BCUT2D eigenvalue weighted by atomic mass is 9.93. The number of aliphatic imine (C=N–C) groups is 1. The fourth-order valence-electron chi connectivity index (χ4n) is 6.37. The van der Waals surface area contributed by atoms with E-state index in [0.717, 1.165) is 27.7 Å². The number of aromatic amines is 1. The minimum absolute atomic E-state index is 0.0237. The van der Waals surface area contributed by atoms with Gasteiger partial charge in [0.15, 0.2) is 5.96 Å². The zero-order valence-electron chi connectivity index (χ0n) is 29.9. The van der Waals surface area contributed by atoms with Crippen molar-refractivity contribution in [1.29, 1.82) is 0 Å². The van der Waals surface area contributed by atoms with Crippen molar-refractivity contribution >= 4 is 34.6 Å². The number of carbonyl (C=O) groups excluding carboxylic acids is 3. The summed E-state index contributed by atoms with van der Waals surface area (Å²) in [6.07, 6.45) is 4.04. The highest BCUT2D eigenvalue weighted by Crippen LogP contribution is 2.23. The maximum atomic E-state index is 13.9. The molecule has 3 amide bonds. The minimum atomic E-state index is -0.439. The second-order valence-corrected chi connectivity index (χ2v) is 13.4. The van der Waals surface area contributed by atoms with Crippen molar-refractivity contribution in [2.75, 3.05) is 19.7 Å². The number of ether oxygens (including phenoxy) is 1. The van der Waals surface area contributed by atoms with Crippen molar-refractivity contribution in [2.24, 2.45) is 34.0 Å². The van der Waals surface area contributed by atoms with Gasteiger partial charge in [0.05, 0.1) is 18.8 Å². The molecule has 0 fully saturated rings. The third-order valence-electron chi connectivity index (χ3n) is 9.13. The third-order valence-corrected chi connectivity index (χ3v) is 9.13. The number of hydrogen-bond donors (Lipinski definition) is 7.